The Morgan fingerprint density at radius 2 is 1.81 bits per heavy atom. The topological polar surface area (TPSA) is 41.1 Å². The van der Waals surface area contributed by atoms with Crippen molar-refractivity contribution in [3.63, 3.8) is 0 Å². The van der Waals surface area contributed by atoms with Gasteiger partial charge in [-0.15, -0.1) is 0 Å². The Kier molecular flexibility index (Phi) is 4.02. The molecular formula is C18H20N2O. The molecule has 108 valence electrons. The minimum Gasteiger partial charge on any atom is -0.322 e. The van der Waals surface area contributed by atoms with E-state index in [4.69, 9.17) is 0 Å². The van der Waals surface area contributed by atoms with Crippen molar-refractivity contribution in [2.75, 3.05) is 18.9 Å². The summed E-state index contributed by atoms with van der Waals surface area (Å²) in [6, 6.07) is 17.5. The number of amides is 1. The largest absolute Gasteiger partial charge is 0.322 e. The molecule has 0 aliphatic heterocycles. The van der Waals surface area contributed by atoms with Crippen molar-refractivity contribution in [1.82, 2.24) is 5.32 Å². The predicted molar refractivity (Wildman–Crippen MR) is 85.6 cm³/mol. The van der Waals surface area contributed by atoms with Crippen molar-refractivity contribution in [1.29, 1.82) is 0 Å². The van der Waals surface area contributed by atoms with Gasteiger partial charge < -0.3 is 10.6 Å². The van der Waals surface area contributed by atoms with Crippen LogP contribution >= 0.6 is 0 Å². The van der Waals surface area contributed by atoms with Crippen LogP contribution in [0.25, 0.3) is 0 Å². The minimum atomic E-state index is -0.0473. The summed E-state index contributed by atoms with van der Waals surface area (Å²) >= 11 is 0. The summed E-state index contributed by atoms with van der Waals surface area (Å²) in [6.07, 6.45) is 1.19. The molecule has 0 saturated heterocycles. The number of hydrogen-bond donors (Lipinski definition) is 2. The first kappa shape index (κ1) is 13.8. The van der Waals surface area contributed by atoms with Crippen molar-refractivity contribution in [2.45, 2.75) is 12.3 Å². The van der Waals surface area contributed by atoms with E-state index >= 15 is 0 Å². The van der Waals surface area contributed by atoms with E-state index in [2.05, 4.69) is 16.7 Å². The standard InChI is InChI=1S/C18H20N2O/c1-19-12-14-11-16(14)15-9-5-6-10-17(15)20-18(21)13-7-3-2-4-8-13/h2-10,14,16,19H,11-12H2,1H3,(H,20,21). The molecule has 1 aliphatic rings. The summed E-state index contributed by atoms with van der Waals surface area (Å²) in [5.74, 6) is 1.20. The van der Waals surface area contributed by atoms with Gasteiger partial charge in [0.05, 0.1) is 0 Å². The second-order valence-electron chi connectivity index (χ2n) is 5.57. The number of rotatable bonds is 5. The van der Waals surface area contributed by atoms with Crippen LogP contribution in [-0.2, 0) is 0 Å². The summed E-state index contributed by atoms with van der Waals surface area (Å²) in [4.78, 5) is 12.3. The molecule has 1 fully saturated rings. The number of anilines is 1. The third-order valence-electron chi connectivity index (χ3n) is 4.03. The fourth-order valence-electron chi connectivity index (χ4n) is 2.83. The van der Waals surface area contributed by atoms with Gasteiger partial charge in [-0.3, -0.25) is 4.79 Å². The van der Waals surface area contributed by atoms with E-state index in [0.29, 0.717) is 17.4 Å². The van der Waals surface area contributed by atoms with Crippen LogP contribution in [0.4, 0.5) is 5.69 Å². The number of nitrogens with one attached hydrogen (secondary N) is 2. The van der Waals surface area contributed by atoms with E-state index in [-0.39, 0.29) is 5.91 Å². The Balaban J connectivity index is 1.76. The first-order valence-electron chi connectivity index (χ1n) is 7.39. The van der Waals surface area contributed by atoms with Crippen molar-refractivity contribution in [2.24, 2.45) is 5.92 Å². The van der Waals surface area contributed by atoms with Gasteiger partial charge in [-0.25, -0.2) is 0 Å². The van der Waals surface area contributed by atoms with Crippen LogP contribution in [0.2, 0.25) is 0 Å². The molecule has 2 aromatic carbocycles. The highest BCUT2D eigenvalue weighted by Gasteiger charge is 2.38. The monoisotopic (exact) mass is 280 g/mol. The van der Waals surface area contributed by atoms with Gasteiger partial charge in [0.1, 0.15) is 0 Å². The lowest BCUT2D eigenvalue weighted by Crippen LogP contribution is -2.14. The molecule has 0 spiro atoms. The highest BCUT2D eigenvalue weighted by Crippen LogP contribution is 2.49. The first-order valence-corrected chi connectivity index (χ1v) is 7.39. The molecular weight excluding hydrogens is 260 g/mol. The number of carbonyl (C=O) groups is 1. The van der Waals surface area contributed by atoms with Gasteiger partial charge in [-0.2, -0.15) is 0 Å². The molecule has 21 heavy (non-hydrogen) atoms. The van der Waals surface area contributed by atoms with Crippen molar-refractivity contribution >= 4 is 11.6 Å². The molecule has 1 aliphatic carbocycles. The van der Waals surface area contributed by atoms with Crippen LogP contribution in [0.5, 0.6) is 0 Å². The average Bonchev–Trinajstić information content (AvgIpc) is 3.28. The number of hydrogen-bond acceptors (Lipinski definition) is 2. The lowest BCUT2D eigenvalue weighted by Gasteiger charge is -2.11. The van der Waals surface area contributed by atoms with Crippen LogP contribution < -0.4 is 10.6 Å². The summed E-state index contributed by atoms with van der Waals surface area (Å²) in [5, 5.41) is 6.28. The second-order valence-corrected chi connectivity index (χ2v) is 5.57. The molecule has 3 heteroatoms. The summed E-state index contributed by atoms with van der Waals surface area (Å²) in [5.41, 5.74) is 2.88. The molecule has 2 atom stereocenters. The second kappa shape index (κ2) is 6.10. The Morgan fingerprint density at radius 1 is 1.10 bits per heavy atom. The molecule has 0 radical (unpaired) electrons. The van der Waals surface area contributed by atoms with Crippen molar-refractivity contribution < 1.29 is 4.79 Å². The molecule has 0 aromatic heterocycles. The molecule has 1 amide bonds. The van der Waals surface area contributed by atoms with Gasteiger partial charge in [0.2, 0.25) is 0 Å². The third-order valence-corrected chi connectivity index (χ3v) is 4.03. The van der Waals surface area contributed by atoms with Crippen LogP contribution in [-0.4, -0.2) is 19.5 Å². The Labute approximate surface area is 125 Å². The summed E-state index contributed by atoms with van der Waals surface area (Å²) < 4.78 is 0. The first-order chi connectivity index (χ1) is 10.3. The van der Waals surface area contributed by atoms with Crippen LogP contribution in [0, 0.1) is 5.92 Å². The van der Waals surface area contributed by atoms with E-state index in [1.165, 1.54) is 12.0 Å². The van der Waals surface area contributed by atoms with Gasteiger partial charge in [-0.1, -0.05) is 36.4 Å². The molecule has 0 bridgehead atoms. The fraction of sp³-hybridized carbons (Fsp3) is 0.278. The van der Waals surface area contributed by atoms with E-state index in [9.17, 15) is 4.79 Å². The van der Waals surface area contributed by atoms with E-state index in [0.717, 1.165) is 12.2 Å². The average molecular weight is 280 g/mol. The minimum absolute atomic E-state index is 0.0473. The van der Waals surface area contributed by atoms with Crippen molar-refractivity contribution in [3.8, 4) is 0 Å². The van der Waals surface area contributed by atoms with E-state index < -0.39 is 0 Å². The number of carbonyl (C=O) groups excluding carboxylic acids is 1. The van der Waals surface area contributed by atoms with Gasteiger partial charge in [0.15, 0.2) is 0 Å². The predicted octanol–water partition coefficient (Wildman–Crippen LogP) is 3.26. The molecule has 3 rings (SSSR count). The zero-order valence-electron chi connectivity index (χ0n) is 12.2. The van der Waals surface area contributed by atoms with E-state index in [1.54, 1.807) is 0 Å². The molecule has 2 N–H and O–H groups in total. The number of benzene rings is 2. The van der Waals surface area contributed by atoms with Gasteiger partial charge in [-0.05, 0) is 55.6 Å². The summed E-state index contributed by atoms with van der Waals surface area (Å²) in [6.45, 7) is 1.03. The van der Waals surface area contributed by atoms with Gasteiger partial charge in [0, 0.05) is 11.3 Å². The molecule has 2 unspecified atom stereocenters. The SMILES string of the molecule is CNCC1CC1c1ccccc1NC(=O)c1ccccc1. The molecule has 2 aromatic rings. The van der Waals surface area contributed by atoms with Crippen LogP contribution in [0.1, 0.15) is 28.3 Å². The smallest absolute Gasteiger partial charge is 0.255 e. The zero-order valence-corrected chi connectivity index (χ0v) is 12.2. The highest BCUT2D eigenvalue weighted by atomic mass is 16.1. The normalized spacial score (nSPS) is 20.0. The Hall–Kier alpha value is -2.13. The fourth-order valence-corrected chi connectivity index (χ4v) is 2.83. The molecule has 0 heterocycles. The molecule has 3 nitrogen and oxygen atoms in total. The Bertz CT molecular complexity index is 624. The lowest BCUT2D eigenvalue weighted by molar-refractivity contribution is 0.102. The quantitative estimate of drug-likeness (QED) is 0.882. The third kappa shape index (κ3) is 3.14. The maximum absolute atomic E-state index is 12.3. The maximum Gasteiger partial charge on any atom is 0.255 e. The van der Waals surface area contributed by atoms with Gasteiger partial charge >= 0.3 is 0 Å². The van der Waals surface area contributed by atoms with E-state index in [1.807, 2.05) is 55.6 Å². The Morgan fingerprint density at radius 3 is 2.57 bits per heavy atom. The zero-order chi connectivity index (χ0) is 14.7. The van der Waals surface area contributed by atoms with Crippen LogP contribution in [0.15, 0.2) is 54.6 Å². The summed E-state index contributed by atoms with van der Waals surface area (Å²) in [7, 11) is 1.98. The molecule has 1 saturated carbocycles. The maximum atomic E-state index is 12.3. The van der Waals surface area contributed by atoms with Crippen LogP contribution in [0.3, 0.4) is 0 Å². The number of para-hydroxylation sites is 1. The highest BCUT2D eigenvalue weighted by molar-refractivity contribution is 6.04. The van der Waals surface area contributed by atoms with Crippen molar-refractivity contribution in [3.05, 3.63) is 65.7 Å². The lowest BCUT2D eigenvalue weighted by atomic mass is 10.1. The van der Waals surface area contributed by atoms with Gasteiger partial charge in [0.25, 0.3) is 5.91 Å².